The van der Waals surface area contributed by atoms with Crippen molar-refractivity contribution < 1.29 is 22.7 Å². The number of hydrogen-bond donors (Lipinski definition) is 1. The summed E-state index contributed by atoms with van der Waals surface area (Å²) in [7, 11) is -0.449. The van der Waals surface area contributed by atoms with E-state index in [0.717, 1.165) is 30.5 Å². The number of carbonyl (C=O) groups is 1. The van der Waals surface area contributed by atoms with Crippen molar-refractivity contribution in [1.29, 1.82) is 0 Å². The van der Waals surface area contributed by atoms with Crippen molar-refractivity contribution in [2.24, 2.45) is 5.41 Å². The summed E-state index contributed by atoms with van der Waals surface area (Å²) in [6.07, 6.45) is 4.14. The molecule has 10 heteroatoms. The Labute approximate surface area is 243 Å². The SMILES string of the molecule is CN(C)S(=O)(=O)c1ccc(CCNC(=O)CN2CCCC(C)(C)COc3ccccc3Oc3ncccc3C2)cc1. The zero-order valence-corrected chi connectivity index (χ0v) is 25.1. The lowest BCUT2D eigenvalue weighted by molar-refractivity contribution is -0.122. The molecule has 1 aromatic heterocycles. The van der Waals surface area contributed by atoms with Gasteiger partial charge in [0.15, 0.2) is 11.5 Å². The first-order valence-corrected chi connectivity index (χ1v) is 15.3. The van der Waals surface area contributed by atoms with Gasteiger partial charge in [-0.25, -0.2) is 17.7 Å². The summed E-state index contributed by atoms with van der Waals surface area (Å²) < 4.78 is 38.2. The number of nitrogens with one attached hydrogen (secondary N) is 1. The van der Waals surface area contributed by atoms with Crippen LogP contribution < -0.4 is 14.8 Å². The Balaban J connectivity index is 1.41. The summed E-state index contributed by atoms with van der Waals surface area (Å²) in [5, 5.41) is 3.02. The molecular formula is C31H40N4O5S. The third-order valence-electron chi connectivity index (χ3n) is 7.05. The highest BCUT2D eigenvalue weighted by molar-refractivity contribution is 7.89. The smallest absolute Gasteiger partial charge is 0.242 e. The second-order valence-corrected chi connectivity index (χ2v) is 13.5. The van der Waals surface area contributed by atoms with E-state index >= 15 is 0 Å². The molecule has 0 aliphatic carbocycles. The second-order valence-electron chi connectivity index (χ2n) is 11.3. The van der Waals surface area contributed by atoms with Gasteiger partial charge < -0.3 is 14.8 Å². The van der Waals surface area contributed by atoms with Gasteiger partial charge in [-0.3, -0.25) is 9.69 Å². The van der Waals surface area contributed by atoms with Crippen molar-refractivity contribution in [1.82, 2.24) is 19.5 Å². The summed E-state index contributed by atoms with van der Waals surface area (Å²) >= 11 is 0. The highest BCUT2D eigenvalue weighted by Gasteiger charge is 2.23. The molecule has 2 heterocycles. The van der Waals surface area contributed by atoms with Gasteiger partial charge >= 0.3 is 0 Å². The van der Waals surface area contributed by atoms with E-state index in [1.807, 2.05) is 36.4 Å². The lowest BCUT2D eigenvalue weighted by Gasteiger charge is -2.27. The molecule has 3 aromatic rings. The summed E-state index contributed by atoms with van der Waals surface area (Å²) in [6.45, 7) is 6.86. The number of pyridine rings is 1. The highest BCUT2D eigenvalue weighted by Crippen LogP contribution is 2.34. The number of benzene rings is 2. The minimum atomic E-state index is -3.47. The quantitative estimate of drug-likeness (QED) is 0.440. The lowest BCUT2D eigenvalue weighted by Crippen LogP contribution is -2.38. The molecule has 220 valence electrons. The number of amides is 1. The van der Waals surface area contributed by atoms with Crippen LogP contribution in [-0.2, 0) is 27.8 Å². The first kappa shape index (κ1) is 30.5. The van der Waals surface area contributed by atoms with Gasteiger partial charge in [0.05, 0.1) is 18.0 Å². The van der Waals surface area contributed by atoms with E-state index in [4.69, 9.17) is 9.47 Å². The molecular weight excluding hydrogens is 540 g/mol. The van der Waals surface area contributed by atoms with Gasteiger partial charge in [0.25, 0.3) is 0 Å². The third kappa shape index (κ3) is 8.51. The van der Waals surface area contributed by atoms with Gasteiger partial charge in [-0.05, 0) is 67.1 Å². The maximum atomic E-state index is 13.0. The molecule has 1 N–H and O–H groups in total. The zero-order chi connectivity index (χ0) is 29.5. The molecule has 1 amide bonds. The van der Waals surface area contributed by atoms with E-state index in [0.29, 0.717) is 43.5 Å². The van der Waals surface area contributed by atoms with Crippen LogP contribution in [0, 0.1) is 5.41 Å². The first-order chi connectivity index (χ1) is 19.5. The van der Waals surface area contributed by atoms with Gasteiger partial charge in [0.2, 0.25) is 21.8 Å². The van der Waals surface area contributed by atoms with Crippen LogP contribution in [0.3, 0.4) is 0 Å². The Morgan fingerprint density at radius 1 is 1.05 bits per heavy atom. The number of nitrogens with zero attached hydrogens (tertiary/aromatic N) is 3. The average Bonchev–Trinajstić information content (AvgIpc) is 2.94. The van der Waals surface area contributed by atoms with E-state index in [1.54, 1.807) is 30.5 Å². The molecule has 0 fully saturated rings. The fraction of sp³-hybridized carbons (Fsp3) is 0.419. The Bertz CT molecular complexity index is 1420. The summed E-state index contributed by atoms with van der Waals surface area (Å²) in [6, 6.07) is 18.2. The lowest BCUT2D eigenvalue weighted by atomic mass is 9.88. The van der Waals surface area contributed by atoms with Gasteiger partial charge in [0, 0.05) is 38.9 Å². The summed E-state index contributed by atoms with van der Waals surface area (Å²) in [5.74, 6) is 1.72. The maximum absolute atomic E-state index is 13.0. The zero-order valence-electron chi connectivity index (χ0n) is 24.3. The topological polar surface area (TPSA) is 101 Å². The molecule has 0 atom stereocenters. The van der Waals surface area contributed by atoms with Crippen LogP contribution in [0.4, 0.5) is 0 Å². The standard InChI is InChI=1S/C31H40N4O5S/c1-31(2)17-8-20-35(21-25-9-7-18-33-30(25)40-28-11-6-5-10-27(28)39-23-31)22-29(36)32-19-16-24-12-14-26(15-13-24)41(37,38)34(3)4/h5-7,9-15,18H,8,16-17,19-23H2,1-4H3,(H,32,36). The number of aromatic nitrogens is 1. The summed E-state index contributed by atoms with van der Waals surface area (Å²) in [5.41, 5.74) is 1.79. The first-order valence-electron chi connectivity index (χ1n) is 13.9. The Hall–Kier alpha value is -3.47. The molecule has 0 spiro atoms. The number of ether oxygens (including phenoxy) is 2. The van der Waals surface area contributed by atoms with Crippen molar-refractivity contribution in [2.45, 2.75) is 44.6 Å². The predicted octanol–water partition coefficient (Wildman–Crippen LogP) is 4.48. The maximum Gasteiger partial charge on any atom is 0.242 e. The van der Waals surface area contributed by atoms with Crippen LogP contribution in [0.1, 0.15) is 37.8 Å². The number of para-hydroxylation sites is 2. The molecule has 4 rings (SSSR count). The molecule has 1 aliphatic heterocycles. The number of fused-ring (bicyclic) bond motifs is 2. The highest BCUT2D eigenvalue weighted by atomic mass is 32.2. The van der Waals surface area contributed by atoms with Crippen LogP contribution in [0.15, 0.2) is 71.8 Å². The molecule has 41 heavy (non-hydrogen) atoms. The van der Waals surface area contributed by atoms with Crippen molar-refractivity contribution >= 4 is 15.9 Å². The Morgan fingerprint density at radius 3 is 2.51 bits per heavy atom. The molecule has 9 nitrogen and oxygen atoms in total. The molecule has 0 bridgehead atoms. The van der Waals surface area contributed by atoms with Crippen LogP contribution in [0.5, 0.6) is 17.4 Å². The van der Waals surface area contributed by atoms with Crippen molar-refractivity contribution in [3.63, 3.8) is 0 Å². The van der Waals surface area contributed by atoms with Crippen LogP contribution >= 0.6 is 0 Å². The minimum Gasteiger partial charge on any atom is -0.489 e. The van der Waals surface area contributed by atoms with Gasteiger partial charge in [-0.1, -0.05) is 44.2 Å². The average molecular weight is 581 g/mol. The van der Waals surface area contributed by atoms with Crippen LogP contribution in [0.2, 0.25) is 0 Å². The number of carbonyl (C=O) groups excluding carboxylic acids is 1. The summed E-state index contributed by atoms with van der Waals surface area (Å²) in [4.78, 5) is 19.8. The fourth-order valence-electron chi connectivity index (χ4n) is 4.62. The van der Waals surface area contributed by atoms with Crippen LogP contribution in [0.25, 0.3) is 0 Å². The molecule has 2 aromatic carbocycles. The molecule has 0 saturated carbocycles. The van der Waals surface area contributed by atoms with E-state index in [9.17, 15) is 13.2 Å². The van der Waals surface area contributed by atoms with E-state index in [1.165, 1.54) is 18.4 Å². The third-order valence-corrected chi connectivity index (χ3v) is 8.88. The Morgan fingerprint density at radius 2 is 1.78 bits per heavy atom. The van der Waals surface area contributed by atoms with Crippen LogP contribution in [-0.4, -0.2) is 68.9 Å². The fourth-order valence-corrected chi connectivity index (χ4v) is 5.52. The Kier molecular flexibility index (Phi) is 10.0. The number of hydrogen-bond acceptors (Lipinski definition) is 7. The normalized spacial score (nSPS) is 16.1. The van der Waals surface area contributed by atoms with Crippen molar-refractivity contribution in [3.05, 3.63) is 78.0 Å². The second kappa shape index (κ2) is 13.5. The van der Waals surface area contributed by atoms with E-state index in [-0.39, 0.29) is 22.8 Å². The van der Waals surface area contributed by atoms with Gasteiger partial charge in [-0.15, -0.1) is 0 Å². The molecule has 1 aliphatic rings. The minimum absolute atomic E-state index is 0.0539. The largest absolute Gasteiger partial charge is 0.489 e. The molecule has 0 saturated heterocycles. The number of rotatable bonds is 7. The van der Waals surface area contributed by atoms with Crippen molar-refractivity contribution in [2.75, 3.05) is 40.3 Å². The van der Waals surface area contributed by atoms with E-state index in [2.05, 4.69) is 29.0 Å². The molecule has 0 radical (unpaired) electrons. The monoisotopic (exact) mass is 580 g/mol. The number of sulfonamides is 1. The van der Waals surface area contributed by atoms with Gasteiger partial charge in [-0.2, -0.15) is 0 Å². The molecule has 0 unspecified atom stereocenters. The van der Waals surface area contributed by atoms with Gasteiger partial charge in [0.1, 0.15) is 0 Å². The van der Waals surface area contributed by atoms with E-state index < -0.39 is 10.0 Å². The predicted molar refractivity (Wildman–Crippen MR) is 159 cm³/mol. The van der Waals surface area contributed by atoms with Crippen molar-refractivity contribution in [3.8, 4) is 17.4 Å².